The van der Waals surface area contributed by atoms with Crippen LogP contribution in [0.25, 0.3) is 10.9 Å². The van der Waals surface area contributed by atoms with Gasteiger partial charge in [-0.3, -0.25) is 0 Å². The molecule has 0 saturated heterocycles. The third-order valence-electron chi connectivity index (χ3n) is 2.86. The summed E-state index contributed by atoms with van der Waals surface area (Å²) in [5, 5.41) is 14.0. The molecule has 2 heterocycles. The van der Waals surface area contributed by atoms with Crippen LogP contribution >= 0.6 is 0 Å². The molecule has 15 heavy (non-hydrogen) atoms. The molecule has 3 rings (SSSR count). The molecular weight excluding hydrogens is 188 g/mol. The highest BCUT2D eigenvalue weighted by atomic mass is 16.3. The van der Waals surface area contributed by atoms with E-state index >= 15 is 0 Å². The third-order valence-corrected chi connectivity index (χ3v) is 2.86. The maximum atomic E-state index is 9.69. The highest BCUT2D eigenvalue weighted by Crippen LogP contribution is 2.25. The van der Waals surface area contributed by atoms with Crippen molar-refractivity contribution in [1.29, 1.82) is 0 Å². The van der Waals surface area contributed by atoms with E-state index in [4.69, 9.17) is 0 Å². The van der Waals surface area contributed by atoms with Crippen molar-refractivity contribution in [2.45, 2.75) is 13.0 Å². The second-order valence-electron chi connectivity index (χ2n) is 3.87. The topological polar surface area (TPSA) is 45.2 Å². The van der Waals surface area contributed by atoms with Gasteiger partial charge in [0.25, 0.3) is 0 Å². The van der Waals surface area contributed by atoms with Crippen molar-refractivity contribution in [1.82, 2.24) is 10.3 Å². The zero-order valence-electron chi connectivity index (χ0n) is 8.33. The van der Waals surface area contributed by atoms with Crippen LogP contribution in [-0.4, -0.2) is 16.6 Å². The first-order valence-corrected chi connectivity index (χ1v) is 5.16. The average Bonchev–Trinajstić information content (AvgIpc) is 2.27. The van der Waals surface area contributed by atoms with Gasteiger partial charge >= 0.3 is 0 Å². The van der Waals surface area contributed by atoms with Crippen LogP contribution in [0, 0.1) is 0 Å². The summed E-state index contributed by atoms with van der Waals surface area (Å²) < 4.78 is 0. The first kappa shape index (κ1) is 8.68. The van der Waals surface area contributed by atoms with Crippen molar-refractivity contribution < 1.29 is 5.11 Å². The monoisotopic (exact) mass is 200 g/mol. The van der Waals surface area contributed by atoms with E-state index in [9.17, 15) is 5.11 Å². The van der Waals surface area contributed by atoms with Crippen molar-refractivity contribution in [3.63, 3.8) is 0 Å². The Labute approximate surface area is 87.8 Å². The molecule has 0 aliphatic carbocycles. The zero-order valence-corrected chi connectivity index (χ0v) is 8.33. The standard InChI is InChI=1S/C12H12N2O/c15-11-3-1-2-9-6-8-4-5-13-7-10(8)14-12(9)11/h1-3,6,13,15H,4-5,7H2. The summed E-state index contributed by atoms with van der Waals surface area (Å²) in [5.74, 6) is 0.265. The molecule has 0 saturated carbocycles. The summed E-state index contributed by atoms with van der Waals surface area (Å²) in [5.41, 5.74) is 3.07. The van der Waals surface area contributed by atoms with Crippen LogP contribution in [0.2, 0.25) is 0 Å². The number of nitrogens with one attached hydrogen (secondary N) is 1. The Balaban J connectivity index is 2.31. The van der Waals surface area contributed by atoms with Gasteiger partial charge in [0.2, 0.25) is 0 Å². The predicted molar refractivity (Wildman–Crippen MR) is 58.8 cm³/mol. The number of aromatic hydroxyl groups is 1. The van der Waals surface area contributed by atoms with Gasteiger partial charge in [0.1, 0.15) is 11.3 Å². The largest absolute Gasteiger partial charge is 0.506 e. The number of hydrogen-bond acceptors (Lipinski definition) is 3. The van der Waals surface area contributed by atoms with Gasteiger partial charge in [0.05, 0.1) is 5.69 Å². The van der Waals surface area contributed by atoms with E-state index in [1.54, 1.807) is 6.07 Å². The normalized spacial score (nSPS) is 15.2. The van der Waals surface area contributed by atoms with Gasteiger partial charge in [0.15, 0.2) is 0 Å². The van der Waals surface area contributed by atoms with Crippen LogP contribution in [0.3, 0.4) is 0 Å². The molecule has 0 amide bonds. The molecule has 0 fully saturated rings. The van der Waals surface area contributed by atoms with Gasteiger partial charge < -0.3 is 10.4 Å². The summed E-state index contributed by atoms with van der Waals surface area (Å²) >= 11 is 0. The number of phenols is 1. The summed E-state index contributed by atoms with van der Waals surface area (Å²) in [7, 11) is 0. The molecule has 3 heteroatoms. The molecule has 3 nitrogen and oxygen atoms in total. The lowest BCUT2D eigenvalue weighted by molar-refractivity contribution is 0.480. The Morgan fingerprint density at radius 2 is 2.27 bits per heavy atom. The molecule has 0 spiro atoms. The molecule has 2 N–H and O–H groups in total. The molecule has 1 aliphatic heterocycles. The highest BCUT2D eigenvalue weighted by molar-refractivity contribution is 5.85. The second-order valence-corrected chi connectivity index (χ2v) is 3.87. The summed E-state index contributed by atoms with van der Waals surface area (Å²) in [4.78, 5) is 4.50. The van der Waals surface area contributed by atoms with Crippen LogP contribution in [0.1, 0.15) is 11.3 Å². The minimum absolute atomic E-state index is 0.265. The number of benzene rings is 1. The predicted octanol–water partition coefficient (Wildman–Crippen LogP) is 1.59. The first-order chi connectivity index (χ1) is 7.34. The Kier molecular flexibility index (Phi) is 1.86. The quantitative estimate of drug-likeness (QED) is 0.678. The van der Waals surface area contributed by atoms with Crippen molar-refractivity contribution >= 4 is 10.9 Å². The Morgan fingerprint density at radius 1 is 1.33 bits per heavy atom. The van der Waals surface area contributed by atoms with Gasteiger partial charge in [-0.05, 0) is 30.7 Å². The summed E-state index contributed by atoms with van der Waals surface area (Å²) in [6.07, 6.45) is 1.02. The van der Waals surface area contributed by atoms with Gasteiger partial charge in [-0.25, -0.2) is 4.98 Å². The van der Waals surface area contributed by atoms with Crippen LogP contribution in [0.5, 0.6) is 5.75 Å². The number of hydrogen-bond donors (Lipinski definition) is 2. The highest BCUT2D eigenvalue weighted by Gasteiger charge is 2.12. The molecule has 1 aromatic heterocycles. The molecule has 0 unspecified atom stereocenters. The van der Waals surface area contributed by atoms with E-state index in [1.807, 2.05) is 12.1 Å². The minimum Gasteiger partial charge on any atom is -0.506 e. The maximum Gasteiger partial charge on any atom is 0.141 e. The van der Waals surface area contributed by atoms with Gasteiger partial charge in [-0.15, -0.1) is 0 Å². The molecule has 0 radical (unpaired) electrons. The van der Waals surface area contributed by atoms with Gasteiger partial charge in [0, 0.05) is 11.9 Å². The summed E-state index contributed by atoms with van der Waals surface area (Å²) in [6, 6.07) is 7.66. The van der Waals surface area contributed by atoms with Crippen molar-refractivity contribution in [3.8, 4) is 5.75 Å². The van der Waals surface area contributed by atoms with Crippen molar-refractivity contribution in [2.24, 2.45) is 0 Å². The number of aromatic nitrogens is 1. The minimum atomic E-state index is 0.265. The van der Waals surface area contributed by atoms with Crippen molar-refractivity contribution in [3.05, 3.63) is 35.5 Å². The molecule has 76 valence electrons. The Bertz CT molecular complexity index is 522. The molecule has 1 aromatic carbocycles. The van der Waals surface area contributed by atoms with E-state index in [1.165, 1.54) is 5.56 Å². The molecule has 1 aliphatic rings. The van der Waals surface area contributed by atoms with Gasteiger partial charge in [-0.1, -0.05) is 12.1 Å². The molecular formula is C12H12N2O. The number of nitrogens with zero attached hydrogens (tertiary/aromatic N) is 1. The Morgan fingerprint density at radius 3 is 3.20 bits per heavy atom. The van der Waals surface area contributed by atoms with Gasteiger partial charge in [-0.2, -0.15) is 0 Å². The van der Waals surface area contributed by atoms with Crippen LogP contribution in [0.4, 0.5) is 0 Å². The number of phenolic OH excluding ortho intramolecular Hbond substituents is 1. The lowest BCUT2D eigenvalue weighted by Gasteiger charge is -2.16. The van der Waals surface area contributed by atoms with E-state index in [-0.39, 0.29) is 5.75 Å². The number of pyridine rings is 1. The van der Waals surface area contributed by atoms with Crippen molar-refractivity contribution in [2.75, 3.05) is 6.54 Å². The SMILES string of the molecule is Oc1cccc2cc3c(nc12)CNCC3. The average molecular weight is 200 g/mol. The lowest BCUT2D eigenvalue weighted by Crippen LogP contribution is -2.24. The molecule has 0 atom stereocenters. The zero-order chi connectivity index (χ0) is 10.3. The van der Waals surface area contributed by atoms with E-state index in [0.29, 0.717) is 5.52 Å². The van der Waals surface area contributed by atoms with Crippen LogP contribution < -0.4 is 5.32 Å². The van der Waals surface area contributed by atoms with E-state index < -0.39 is 0 Å². The fraction of sp³-hybridized carbons (Fsp3) is 0.250. The van der Waals surface area contributed by atoms with Crippen LogP contribution in [0.15, 0.2) is 24.3 Å². The fourth-order valence-corrected chi connectivity index (χ4v) is 2.06. The maximum absolute atomic E-state index is 9.69. The fourth-order valence-electron chi connectivity index (χ4n) is 2.06. The first-order valence-electron chi connectivity index (χ1n) is 5.16. The Hall–Kier alpha value is -1.61. The van der Waals surface area contributed by atoms with E-state index in [0.717, 1.165) is 30.6 Å². The molecule has 0 bridgehead atoms. The number of para-hydroxylation sites is 1. The summed E-state index contributed by atoms with van der Waals surface area (Å²) in [6.45, 7) is 1.82. The third kappa shape index (κ3) is 1.36. The second kappa shape index (κ2) is 3.21. The molecule has 2 aromatic rings. The van der Waals surface area contributed by atoms with Crippen LogP contribution in [-0.2, 0) is 13.0 Å². The smallest absolute Gasteiger partial charge is 0.141 e. The number of fused-ring (bicyclic) bond motifs is 2. The lowest BCUT2D eigenvalue weighted by atomic mass is 10.0. The van der Waals surface area contributed by atoms with E-state index in [2.05, 4.69) is 16.4 Å². The number of rotatable bonds is 0.